The van der Waals surface area contributed by atoms with Crippen LogP contribution in [-0.2, 0) is 16.7 Å². The molecule has 120 valence electrons. The summed E-state index contributed by atoms with van der Waals surface area (Å²) in [5.74, 6) is 1.90. The standard InChI is InChI=1S/C18H27N3O/c1-18(2,3)17-20-15-11-14(19-4)5-6-16(15)21(17)12-13-7-9-22-10-8-13/h5-6,11,13,19H,7-10,12H2,1-4H3/p+1. The van der Waals surface area contributed by atoms with Crippen LogP contribution in [0.25, 0.3) is 11.0 Å². The van der Waals surface area contributed by atoms with Gasteiger partial charge in [0, 0.05) is 37.3 Å². The van der Waals surface area contributed by atoms with Crippen molar-refractivity contribution in [3.05, 3.63) is 24.0 Å². The van der Waals surface area contributed by atoms with Gasteiger partial charge in [-0.15, -0.1) is 0 Å². The molecule has 2 heterocycles. The van der Waals surface area contributed by atoms with Gasteiger partial charge in [-0.1, -0.05) is 20.8 Å². The lowest BCUT2D eigenvalue weighted by atomic mass is 9.94. The van der Waals surface area contributed by atoms with E-state index >= 15 is 0 Å². The lowest BCUT2D eigenvalue weighted by Gasteiger charge is -2.26. The summed E-state index contributed by atoms with van der Waals surface area (Å²) in [6.45, 7) is 9.61. The number of rotatable bonds is 3. The first-order chi connectivity index (χ1) is 10.5. The molecule has 2 N–H and O–H groups in total. The molecule has 22 heavy (non-hydrogen) atoms. The van der Waals surface area contributed by atoms with Crippen molar-refractivity contribution in [1.82, 2.24) is 9.55 Å². The zero-order valence-electron chi connectivity index (χ0n) is 14.2. The van der Waals surface area contributed by atoms with Gasteiger partial charge in [0.1, 0.15) is 11.5 Å². The lowest BCUT2D eigenvalue weighted by molar-refractivity contribution is -0.539. The third-order valence-corrected chi connectivity index (χ3v) is 4.56. The summed E-state index contributed by atoms with van der Waals surface area (Å²) in [5.41, 5.74) is 3.68. The Morgan fingerprint density at radius 1 is 1.27 bits per heavy atom. The van der Waals surface area contributed by atoms with Crippen molar-refractivity contribution in [3.8, 4) is 0 Å². The molecule has 1 fully saturated rings. The summed E-state index contributed by atoms with van der Waals surface area (Å²) in [4.78, 5) is 4.97. The van der Waals surface area contributed by atoms with Gasteiger partial charge in [-0.2, -0.15) is 0 Å². The number of hydrogen-bond donors (Lipinski definition) is 1. The number of aromatic nitrogens is 2. The Morgan fingerprint density at radius 3 is 2.64 bits per heavy atom. The van der Waals surface area contributed by atoms with Crippen LogP contribution >= 0.6 is 0 Å². The Hall–Kier alpha value is -1.39. The van der Waals surface area contributed by atoms with Gasteiger partial charge in [-0.3, -0.25) is 0 Å². The Balaban J connectivity index is 2.04. The highest BCUT2D eigenvalue weighted by Gasteiger charge is 2.25. The molecule has 1 saturated heterocycles. The number of nitrogens with two attached hydrogens (primary N) is 1. The van der Waals surface area contributed by atoms with Crippen molar-refractivity contribution < 1.29 is 10.1 Å². The molecule has 1 aliphatic rings. The number of ether oxygens (including phenoxy) is 1. The molecule has 0 atom stereocenters. The fraction of sp³-hybridized carbons (Fsp3) is 0.611. The molecule has 1 aromatic heterocycles. The fourth-order valence-corrected chi connectivity index (χ4v) is 3.27. The Bertz CT molecular complexity index is 648. The molecule has 0 aliphatic carbocycles. The summed E-state index contributed by atoms with van der Waals surface area (Å²) < 4.78 is 7.95. The van der Waals surface area contributed by atoms with E-state index < -0.39 is 0 Å². The van der Waals surface area contributed by atoms with Crippen LogP contribution < -0.4 is 5.32 Å². The monoisotopic (exact) mass is 302 g/mol. The van der Waals surface area contributed by atoms with E-state index in [9.17, 15) is 0 Å². The predicted octanol–water partition coefficient (Wildman–Crippen LogP) is 2.59. The van der Waals surface area contributed by atoms with Crippen molar-refractivity contribution >= 4 is 16.7 Å². The van der Waals surface area contributed by atoms with Crippen molar-refractivity contribution in [1.29, 1.82) is 0 Å². The van der Waals surface area contributed by atoms with Gasteiger partial charge in [-0.05, 0) is 24.8 Å². The van der Waals surface area contributed by atoms with Gasteiger partial charge in [0.15, 0.2) is 0 Å². The lowest BCUT2D eigenvalue weighted by Crippen LogP contribution is -2.72. The maximum Gasteiger partial charge on any atom is 0.131 e. The van der Waals surface area contributed by atoms with Crippen molar-refractivity contribution in [2.24, 2.45) is 5.92 Å². The second kappa shape index (κ2) is 6.01. The number of nitrogens with zero attached hydrogens (tertiary/aromatic N) is 2. The number of benzene rings is 1. The van der Waals surface area contributed by atoms with E-state index in [1.165, 1.54) is 17.0 Å². The molecule has 0 radical (unpaired) electrons. The van der Waals surface area contributed by atoms with Crippen molar-refractivity contribution in [3.63, 3.8) is 0 Å². The number of fused-ring (bicyclic) bond motifs is 1. The largest absolute Gasteiger partial charge is 0.381 e. The van der Waals surface area contributed by atoms with E-state index in [1.807, 2.05) is 0 Å². The highest BCUT2D eigenvalue weighted by atomic mass is 16.5. The van der Waals surface area contributed by atoms with Crippen molar-refractivity contribution in [2.75, 3.05) is 20.3 Å². The zero-order valence-corrected chi connectivity index (χ0v) is 14.2. The molecule has 3 rings (SSSR count). The van der Waals surface area contributed by atoms with E-state index in [4.69, 9.17) is 9.72 Å². The smallest absolute Gasteiger partial charge is 0.131 e. The minimum absolute atomic E-state index is 0.0558. The zero-order chi connectivity index (χ0) is 15.7. The van der Waals surface area contributed by atoms with Crippen LogP contribution in [0.2, 0.25) is 0 Å². The quantitative estimate of drug-likeness (QED) is 0.886. The average molecular weight is 302 g/mol. The molecule has 0 bridgehead atoms. The second-order valence-corrected chi connectivity index (χ2v) is 7.39. The maximum absolute atomic E-state index is 5.51. The van der Waals surface area contributed by atoms with E-state index in [1.54, 1.807) is 0 Å². The molecule has 0 spiro atoms. The molecule has 4 heteroatoms. The number of imidazole rings is 1. The second-order valence-electron chi connectivity index (χ2n) is 7.39. The molecular weight excluding hydrogens is 274 g/mol. The average Bonchev–Trinajstić information content (AvgIpc) is 2.86. The van der Waals surface area contributed by atoms with E-state index in [0.717, 1.165) is 38.1 Å². The minimum atomic E-state index is 0.0558. The summed E-state index contributed by atoms with van der Waals surface area (Å²) >= 11 is 0. The van der Waals surface area contributed by atoms with Gasteiger partial charge in [0.2, 0.25) is 0 Å². The minimum Gasteiger partial charge on any atom is -0.381 e. The first kappa shape index (κ1) is 15.5. The predicted molar refractivity (Wildman–Crippen MR) is 89.5 cm³/mol. The van der Waals surface area contributed by atoms with Crippen LogP contribution in [-0.4, -0.2) is 29.8 Å². The van der Waals surface area contributed by atoms with Gasteiger partial charge >= 0.3 is 0 Å². The van der Waals surface area contributed by atoms with Gasteiger partial charge in [0.05, 0.1) is 18.1 Å². The normalized spacial score (nSPS) is 17.3. The van der Waals surface area contributed by atoms with Crippen LogP contribution in [0.5, 0.6) is 0 Å². The summed E-state index contributed by atoms with van der Waals surface area (Å²) in [5, 5.41) is 2.13. The highest BCUT2D eigenvalue weighted by molar-refractivity contribution is 5.79. The number of quaternary nitrogens is 1. The third-order valence-electron chi connectivity index (χ3n) is 4.56. The third kappa shape index (κ3) is 3.03. The molecule has 0 amide bonds. The van der Waals surface area contributed by atoms with E-state index in [-0.39, 0.29) is 5.41 Å². The molecule has 1 aliphatic heterocycles. The molecule has 1 aromatic carbocycles. The van der Waals surface area contributed by atoms with Gasteiger partial charge in [0.25, 0.3) is 0 Å². The Morgan fingerprint density at radius 2 is 2.00 bits per heavy atom. The molecule has 4 nitrogen and oxygen atoms in total. The van der Waals surface area contributed by atoms with E-state index in [0.29, 0.717) is 5.92 Å². The summed E-state index contributed by atoms with van der Waals surface area (Å²) in [6.07, 6.45) is 2.31. The highest BCUT2D eigenvalue weighted by Crippen LogP contribution is 2.29. The molecule has 0 saturated carbocycles. The topological polar surface area (TPSA) is 43.7 Å². The maximum atomic E-state index is 5.51. The van der Waals surface area contributed by atoms with Crippen LogP contribution in [0.15, 0.2) is 18.2 Å². The summed E-state index contributed by atoms with van der Waals surface area (Å²) in [7, 11) is 2.07. The van der Waals surface area contributed by atoms with Crippen molar-refractivity contribution in [2.45, 2.75) is 45.6 Å². The molecule has 2 aromatic rings. The first-order valence-corrected chi connectivity index (χ1v) is 8.37. The Labute approximate surface area is 132 Å². The Kier molecular flexibility index (Phi) is 4.24. The van der Waals surface area contributed by atoms with Crippen LogP contribution in [0.3, 0.4) is 0 Å². The summed E-state index contributed by atoms with van der Waals surface area (Å²) in [6, 6.07) is 6.62. The molecular formula is C18H28N3O+. The van der Waals surface area contributed by atoms with Gasteiger partial charge in [-0.25, -0.2) is 4.98 Å². The fourth-order valence-electron chi connectivity index (χ4n) is 3.27. The number of hydrogen-bond acceptors (Lipinski definition) is 2. The van der Waals surface area contributed by atoms with Crippen LogP contribution in [0, 0.1) is 5.92 Å². The molecule has 0 unspecified atom stereocenters. The van der Waals surface area contributed by atoms with Crippen LogP contribution in [0.4, 0.5) is 5.69 Å². The van der Waals surface area contributed by atoms with Gasteiger partial charge < -0.3 is 14.6 Å². The first-order valence-electron chi connectivity index (χ1n) is 8.37. The van der Waals surface area contributed by atoms with Crippen LogP contribution in [0.1, 0.15) is 39.4 Å². The SMILES string of the molecule is C[NH2+]c1ccc2c(c1)nc(C(C)(C)C)n2CC1CCOCC1. The van der Waals surface area contributed by atoms with E-state index in [2.05, 4.69) is 55.9 Å².